The molecule has 0 unspecified atom stereocenters. The quantitative estimate of drug-likeness (QED) is 0.722. The molecule has 0 saturated heterocycles. The fourth-order valence-corrected chi connectivity index (χ4v) is 1.10. The van der Waals surface area contributed by atoms with Gasteiger partial charge in [-0.3, -0.25) is 0 Å². The minimum Gasteiger partial charge on any atom is -0.338 e. The zero-order chi connectivity index (χ0) is 10.8. The van der Waals surface area contributed by atoms with Gasteiger partial charge in [-0.25, -0.2) is 9.97 Å². The SMILES string of the molecule is C#CC(C)(C)Nc1nc(C)cc(C)n1. The number of aromatic nitrogens is 2. The Kier molecular flexibility index (Phi) is 2.76. The standard InChI is InChI=1S/C11H15N3/c1-6-11(4,5)14-10-12-8(2)7-9(3)13-10/h1,7H,2-5H3,(H,12,13,14). The minimum atomic E-state index is -0.416. The Hall–Kier alpha value is -1.56. The second-order valence-corrected chi connectivity index (χ2v) is 3.87. The summed E-state index contributed by atoms with van der Waals surface area (Å²) in [5.41, 5.74) is 1.46. The Balaban J connectivity index is 2.94. The van der Waals surface area contributed by atoms with Gasteiger partial charge in [-0.2, -0.15) is 0 Å². The molecule has 0 aliphatic carbocycles. The molecular weight excluding hydrogens is 174 g/mol. The van der Waals surface area contributed by atoms with Crippen LogP contribution in [0, 0.1) is 26.2 Å². The second kappa shape index (κ2) is 3.67. The number of hydrogen-bond donors (Lipinski definition) is 1. The maximum Gasteiger partial charge on any atom is 0.224 e. The average Bonchev–Trinajstić information content (AvgIpc) is 2.01. The van der Waals surface area contributed by atoms with Gasteiger partial charge >= 0.3 is 0 Å². The van der Waals surface area contributed by atoms with Crippen LogP contribution >= 0.6 is 0 Å². The van der Waals surface area contributed by atoms with Gasteiger partial charge in [0, 0.05) is 11.4 Å². The topological polar surface area (TPSA) is 37.8 Å². The van der Waals surface area contributed by atoms with Crippen molar-refractivity contribution in [3.8, 4) is 12.3 Å². The third-order valence-corrected chi connectivity index (χ3v) is 1.77. The van der Waals surface area contributed by atoms with Gasteiger partial charge in [0.05, 0.1) is 5.54 Å². The van der Waals surface area contributed by atoms with Crippen molar-refractivity contribution in [2.45, 2.75) is 33.2 Å². The first-order chi connectivity index (χ1) is 6.43. The van der Waals surface area contributed by atoms with E-state index < -0.39 is 5.54 Å². The predicted molar refractivity (Wildman–Crippen MR) is 58.0 cm³/mol. The molecule has 0 aromatic carbocycles. The van der Waals surface area contributed by atoms with E-state index in [4.69, 9.17) is 6.42 Å². The van der Waals surface area contributed by atoms with Crippen molar-refractivity contribution in [2.75, 3.05) is 5.32 Å². The molecule has 1 aromatic heterocycles. The molecule has 0 amide bonds. The van der Waals surface area contributed by atoms with Crippen LogP contribution in [-0.2, 0) is 0 Å². The van der Waals surface area contributed by atoms with E-state index in [0.29, 0.717) is 5.95 Å². The van der Waals surface area contributed by atoms with E-state index in [-0.39, 0.29) is 0 Å². The van der Waals surface area contributed by atoms with E-state index in [1.807, 2.05) is 33.8 Å². The highest BCUT2D eigenvalue weighted by atomic mass is 15.1. The first-order valence-electron chi connectivity index (χ1n) is 4.51. The lowest BCUT2D eigenvalue weighted by atomic mass is 10.1. The summed E-state index contributed by atoms with van der Waals surface area (Å²) in [5, 5.41) is 3.09. The van der Waals surface area contributed by atoms with Crippen LogP contribution < -0.4 is 5.32 Å². The molecule has 0 saturated carbocycles. The third kappa shape index (κ3) is 2.74. The Morgan fingerprint density at radius 3 is 2.21 bits per heavy atom. The number of nitrogens with zero attached hydrogens (tertiary/aromatic N) is 2. The Bertz CT molecular complexity index is 354. The maximum atomic E-state index is 5.36. The van der Waals surface area contributed by atoms with Crippen molar-refractivity contribution < 1.29 is 0 Å². The van der Waals surface area contributed by atoms with Crippen LogP contribution in [0.1, 0.15) is 25.2 Å². The summed E-state index contributed by atoms with van der Waals surface area (Å²) < 4.78 is 0. The summed E-state index contributed by atoms with van der Waals surface area (Å²) in [7, 11) is 0. The van der Waals surface area contributed by atoms with E-state index >= 15 is 0 Å². The van der Waals surface area contributed by atoms with Gasteiger partial charge in [-0.05, 0) is 33.8 Å². The van der Waals surface area contributed by atoms with Crippen LogP contribution in [0.5, 0.6) is 0 Å². The third-order valence-electron chi connectivity index (χ3n) is 1.77. The second-order valence-electron chi connectivity index (χ2n) is 3.87. The summed E-state index contributed by atoms with van der Waals surface area (Å²) in [5.74, 6) is 3.23. The molecule has 1 aromatic rings. The summed E-state index contributed by atoms with van der Waals surface area (Å²) in [6.07, 6.45) is 5.36. The monoisotopic (exact) mass is 189 g/mol. The van der Waals surface area contributed by atoms with Gasteiger partial charge < -0.3 is 5.32 Å². The van der Waals surface area contributed by atoms with Crippen molar-refractivity contribution in [2.24, 2.45) is 0 Å². The molecule has 0 fully saturated rings. The minimum absolute atomic E-state index is 0.416. The van der Waals surface area contributed by atoms with Gasteiger partial charge in [-0.15, -0.1) is 6.42 Å². The summed E-state index contributed by atoms with van der Waals surface area (Å²) in [6, 6.07) is 1.92. The highest BCUT2D eigenvalue weighted by Crippen LogP contribution is 2.10. The zero-order valence-electron chi connectivity index (χ0n) is 9.05. The first kappa shape index (κ1) is 10.5. The molecule has 14 heavy (non-hydrogen) atoms. The molecule has 1 N–H and O–H groups in total. The fraction of sp³-hybridized carbons (Fsp3) is 0.455. The van der Waals surface area contributed by atoms with Crippen LogP contribution in [0.3, 0.4) is 0 Å². The normalized spacial score (nSPS) is 10.8. The number of aryl methyl sites for hydroxylation is 2. The molecule has 3 heteroatoms. The highest BCUT2D eigenvalue weighted by Gasteiger charge is 2.14. The van der Waals surface area contributed by atoms with Crippen LogP contribution in [0.25, 0.3) is 0 Å². The van der Waals surface area contributed by atoms with Crippen molar-refractivity contribution in [1.82, 2.24) is 9.97 Å². The molecule has 74 valence electrons. The zero-order valence-corrected chi connectivity index (χ0v) is 9.05. The molecule has 1 rings (SSSR count). The largest absolute Gasteiger partial charge is 0.338 e. The van der Waals surface area contributed by atoms with Crippen molar-refractivity contribution in [1.29, 1.82) is 0 Å². The lowest BCUT2D eigenvalue weighted by molar-refractivity contribution is 0.726. The van der Waals surface area contributed by atoms with Crippen LogP contribution in [0.2, 0.25) is 0 Å². The van der Waals surface area contributed by atoms with Gasteiger partial charge in [0.25, 0.3) is 0 Å². The van der Waals surface area contributed by atoms with Crippen LogP contribution in [0.15, 0.2) is 6.07 Å². The Morgan fingerprint density at radius 2 is 1.79 bits per heavy atom. The number of terminal acetylenes is 1. The number of rotatable bonds is 2. The summed E-state index contributed by atoms with van der Waals surface area (Å²) in [6.45, 7) is 7.69. The molecule has 3 nitrogen and oxygen atoms in total. The molecule has 0 atom stereocenters. The number of nitrogens with one attached hydrogen (secondary N) is 1. The van der Waals surface area contributed by atoms with Crippen LogP contribution in [-0.4, -0.2) is 15.5 Å². The van der Waals surface area contributed by atoms with E-state index in [9.17, 15) is 0 Å². The lowest BCUT2D eigenvalue weighted by Crippen LogP contribution is -2.29. The van der Waals surface area contributed by atoms with Gasteiger partial charge in [0.1, 0.15) is 0 Å². The van der Waals surface area contributed by atoms with Crippen molar-refractivity contribution >= 4 is 5.95 Å². The Morgan fingerprint density at radius 1 is 1.29 bits per heavy atom. The van der Waals surface area contributed by atoms with E-state index in [0.717, 1.165) is 11.4 Å². The highest BCUT2D eigenvalue weighted by molar-refractivity contribution is 5.35. The molecule has 1 heterocycles. The molecule has 0 radical (unpaired) electrons. The maximum absolute atomic E-state index is 5.36. The summed E-state index contributed by atoms with van der Waals surface area (Å²) >= 11 is 0. The molecule has 0 spiro atoms. The van der Waals surface area contributed by atoms with Crippen LogP contribution in [0.4, 0.5) is 5.95 Å². The Labute approximate surface area is 85.0 Å². The summed E-state index contributed by atoms with van der Waals surface area (Å²) in [4.78, 5) is 8.50. The average molecular weight is 189 g/mol. The van der Waals surface area contributed by atoms with Crippen molar-refractivity contribution in [3.05, 3.63) is 17.5 Å². The molecule has 0 aliphatic rings. The molecular formula is C11H15N3. The van der Waals surface area contributed by atoms with E-state index in [1.54, 1.807) is 0 Å². The molecule has 0 aliphatic heterocycles. The van der Waals surface area contributed by atoms with Gasteiger partial charge in [0.15, 0.2) is 0 Å². The smallest absolute Gasteiger partial charge is 0.224 e. The van der Waals surface area contributed by atoms with Crippen molar-refractivity contribution in [3.63, 3.8) is 0 Å². The van der Waals surface area contributed by atoms with E-state index in [2.05, 4.69) is 21.2 Å². The lowest BCUT2D eigenvalue weighted by Gasteiger charge is -2.19. The predicted octanol–water partition coefficient (Wildman–Crippen LogP) is 1.92. The number of anilines is 1. The first-order valence-corrected chi connectivity index (χ1v) is 4.51. The van der Waals surface area contributed by atoms with E-state index in [1.165, 1.54) is 0 Å². The van der Waals surface area contributed by atoms with Gasteiger partial charge in [-0.1, -0.05) is 5.92 Å². The molecule has 0 bridgehead atoms. The fourth-order valence-electron chi connectivity index (χ4n) is 1.10. The number of hydrogen-bond acceptors (Lipinski definition) is 3. The van der Waals surface area contributed by atoms with Gasteiger partial charge in [0.2, 0.25) is 5.95 Å².